The number of aromatic nitrogens is 2. The predicted octanol–water partition coefficient (Wildman–Crippen LogP) is 3.35. The van der Waals surface area contributed by atoms with E-state index in [1.807, 2.05) is 29.9 Å². The average Bonchev–Trinajstić information content (AvgIpc) is 2.93. The molecule has 0 aliphatic rings. The van der Waals surface area contributed by atoms with Crippen molar-refractivity contribution in [3.8, 4) is 28.6 Å². The standard InChI is InChI=1S/C17H13FN4/c1-22-8-4-7-16(22)12-9-15(21-17(20)13(12)10-19)11-5-2-3-6-14(11)18/h2-9H,1H3,(H2,20,21). The third kappa shape index (κ3) is 2.21. The van der Waals surface area contributed by atoms with Crippen LogP contribution in [0.3, 0.4) is 0 Å². The molecule has 2 N–H and O–H groups in total. The quantitative estimate of drug-likeness (QED) is 0.787. The van der Waals surface area contributed by atoms with Crippen molar-refractivity contribution in [2.75, 3.05) is 5.73 Å². The number of nitrogen functional groups attached to an aromatic ring is 1. The van der Waals surface area contributed by atoms with Gasteiger partial charge in [0, 0.05) is 30.1 Å². The molecule has 3 aromatic rings. The fourth-order valence-electron chi connectivity index (χ4n) is 2.43. The van der Waals surface area contributed by atoms with Crippen LogP contribution < -0.4 is 5.73 Å². The van der Waals surface area contributed by atoms with Crippen molar-refractivity contribution in [3.05, 3.63) is 60.0 Å². The minimum absolute atomic E-state index is 0.0967. The third-order valence-corrected chi connectivity index (χ3v) is 3.53. The summed E-state index contributed by atoms with van der Waals surface area (Å²) in [5.41, 5.74) is 8.43. The van der Waals surface area contributed by atoms with E-state index in [4.69, 9.17) is 5.73 Å². The van der Waals surface area contributed by atoms with Crippen molar-refractivity contribution in [2.45, 2.75) is 0 Å². The van der Waals surface area contributed by atoms with Crippen LogP contribution in [0, 0.1) is 17.1 Å². The lowest BCUT2D eigenvalue weighted by atomic mass is 10.0. The molecule has 1 aromatic carbocycles. The second-order valence-corrected chi connectivity index (χ2v) is 4.91. The number of hydrogen-bond donors (Lipinski definition) is 1. The first-order valence-corrected chi connectivity index (χ1v) is 6.69. The average molecular weight is 292 g/mol. The Hall–Kier alpha value is -3.13. The van der Waals surface area contributed by atoms with Crippen LogP contribution >= 0.6 is 0 Å². The summed E-state index contributed by atoms with van der Waals surface area (Å²) in [5, 5.41) is 9.35. The molecule has 4 nitrogen and oxygen atoms in total. The molecule has 0 bridgehead atoms. The molecule has 0 unspecified atom stereocenters. The number of nitrogens with two attached hydrogens (primary N) is 1. The van der Waals surface area contributed by atoms with Gasteiger partial charge in [-0.2, -0.15) is 5.26 Å². The third-order valence-electron chi connectivity index (χ3n) is 3.53. The summed E-state index contributed by atoms with van der Waals surface area (Å²) in [6, 6.07) is 13.9. The van der Waals surface area contributed by atoms with Crippen molar-refractivity contribution >= 4 is 5.82 Å². The van der Waals surface area contributed by atoms with Crippen LogP contribution in [0.25, 0.3) is 22.5 Å². The lowest BCUT2D eigenvalue weighted by Gasteiger charge is -2.11. The highest BCUT2D eigenvalue weighted by Gasteiger charge is 2.16. The van der Waals surface area contributed by atoms with Crippen molar-refractivity contribution in [3.63, 3.8) is 0 Å². The number of nitriles is 1. The van der Waals surface area contributed by atoms with Crippen molar-refractivity contribution in [1.82, 2.24) is 9.55 Å². The van der Waals surface area contributed by atoms with E-state index in [9.17, 15) is 9.65 Å². The van der Waals surface area contributed by atoms with E-state index in [1.54, 1.807) is 24.3 Å². The molecule has 2 aromatic heterocycles. The summed E-state index contributed by atoms with van der Waals surface area (Å²) in [4.78, 5) is 4.18. The maximum atomic E-state index is 14.0. The number of benzene rings is 1. The van der Waals surface area contributed by atoms with Crippen LogP contribution in [0.15, 0.2) is 48.7 Å². The molecule has 0 saturated carbocycles. The number of rotatable bonds is 2. The number of aryl methyl sites for hydroxylation is 1. The Bertz CT molecular complexity index is 890. The number of halogens is 1. The van der Waals surface area contributed by atoms with Gasteiger partial charge in [-0.15, -0.1) is 0 Å². The molecule has 0 fully saturated rings. The van der Waals surface area contributed by atoms with E-state index in [0.717, 1.165) is 5.69 Å². The van der Waals surface area contributed by atoms with E-state index in [-0.39, 0.29) is 11.6 Å². The van der Waals surface area contributed by atoms with Gasteiger partial charge in [-0.25, -0.2) is 9.37 Å². The fourth-order valence-corrected chi connectivity index (χ4v) is 2.43. The topological polar surface area (TPSA) is 67.6 Å². The van der Waals surface area contributed by atoms with Crippen LogP contribution in [-0.4, -0.2) is 9.55 Å². The Balaban J connectivity index is 2.29. The molecule has 0 aliphatic heterocycles. The van der Waals surface area contributed by atoms with Gasteiger partial charge in [-0.1, -0.05) is 12.1 Å². The van der Waals surface area contributed by atoms with Gasteiger partial charge in [0.15, 0.2) is 0 Å². The van der Waals surface area contributed by atoms with E-state index >= 15 is 0 Å². The SMILES string of the molecule is Cn1cccc1-c1cc(-c2ccccc2F)nc(N)c1C#N. The first-order chi connectivity index (χ1) is 10.6. The Morgan fingerprint density at radius 2 is 1.95 bits per heavy atom. The monoisotopic (exact) mass is 292 g/mol. The van der Waals surface area contributed by atoms with Crippen LogP contribution in [0.5, 0.6) is 0 Å². The van der Waals surface area contributed by atoms with Gasteiger partial charge in [0.25, 0.3) is 0 Å². The van der Waals surface area contributed by atoms with Crippen LogP contribution in [0.1, 0.15) is 5.56 Å². The lowest BCUT2D eigenvalue weighted by molar-refractivity contribution is 0.631. The highest BCUT2D eigenvalue weighted by atomic mass is 19.1. The zero-order valence-corrected chi connectivity index (χ0v) is 11.9. The lowest BCUT2D eigenvalue weighted by Crippen LogP contribution is -2.02. The number of pyridine rings is 1. The minimum Gasteiger partial charge on any atom is -0.383 e. The molecular weight excluding hydrogens is 279 g/mol. The molecule has 22 heavy (non-hydrogen) atoms. The van der Waals surface area contributed by atoms with Gasteiger partial charge in [0.1, 0.15) is 23.3 Å². The molecule has 0 aliphatic carbocycles. The second-order valence-electron chi connectivity index (χ2n) is 4.91. The molecule has 2 heterocycles. The molecule has 0 saturated heterocycles. The molecular formula is C17H13FN4. The summed E-state index contributed by atoms with van der Waals surface area (Å²) in [7, 11) is 1.87. The van der Waals surface area contributed by atoms with E-state index in [0.29, 0.717) is 22.4 Å². The molecule has 0 amide bonds. The summed E-state index contributed by atoms with van der Waals surface area (Å²) in [5.74, 6) is -0.281. The molecule has 0 spiro atoms. The largest absolute Gasteiger partial charge is 0.383 e. The van der Waals surface area contributed by atoms with Gasteiger partial charge in [0.05, 0.1) is 5.69 Å². The molecule has 108 valence electrons. The van der Waals surface area contributed by atoms with Crippen LogP contribution in [-0.2, 0) is 7.05 Å². The fraction of sp³-hybridized carbons (Fsp3) is 0.0588. The number of anilines is 1. The van der Waals surface area contributed by atoms with Crippen molar-refractivity contribution in [2.24, 2.45) is 7.05 Å². The molecule has 0 radical (unpaired) electrons. The Labute approximate surface area is 127 Å². The molecule has 0 atom stereocenters. The summed E-state index contributed by atoms with van der Waals surface area (Å²) >= 11 is 0. The van der Waals surface area contributed by atoms with Crippen molar-refractivity contribution in [1.29, 1.82) is 5.26 Å². The van der Waals surface area contributed by atoms with Gasteiger partial charge in [0.2, 0.25) is 0 Å². The number of hydrogen-bond acceptors (Lipinski definition) is 3. The zero-order valence-electron chi connectivity index (χ0n) is 11.9. The van der Waals surface area contributed by atoms with Gasteiger partial charge in [-0.3, -0.25) is 0 Å². The minimum atomic E-state index is -0.378. The Morgan fingerprint density at radius 1 is 1.18 bits per heavy atom. The Kier molecular flexibility index (Phi) is 3.36. The molecule has 5 heteroatoms. The van der Waals surface area contributed by atoms with Crippen LogP contribution in [0.2, 0.25) is 0 Å². The van der Waals surface area contributed by atoms with E-state index in [1.165, 1.54) is 6.07 Å². The highest BCUT2D eigenvalue weighted by molar-refractivity contribution is 5.79. The summed E-state index contributed by atoms with van der Waals surface area (Å²) < 4.78 is 15.9. The predicted molar refractivity (Wildman–Crippen MR) is 83.2 cm³/mol. The Morgan fingerprint density at radius 3 is 2.59 bits per heavy atom. The second kappa shape index (κ2) is 5.34. The summed E-state index contributed by atoms with van der Waals surface area (Å²) in [6.07, 6.45) is 1.87. The first-order valence-electron chi connectivity index (χ1n) is 6.69. The van der Waals surface area contributed by atoms with Gasteiger partial charge < -0.3 is 10.3 Å². The highest BCUT2D eigenvalue weighted by Crippen LogP contribution is 2.31. The maximum absolute atomic E-state index is 14.0. The normalized spacial score (nSPS) is 10.4. The van der Waals surface area contributed by atoms with Gasteiger partial charge >= 0.3 is 0 Å². The molecule has 3 rings (SSSR count). The van der Waals surface area contributed by atoms with E-state index < -0.39 is 0 Å². The van der Waals surface area contributed by atoms with Crippen LogP contribution in [0.4, 0.5) is 10.2 Å². The zero-order chi connectivity index (χ0) is 15.7. The smallest absolute Gasteiger partial charge is 0.142 e. The first kappa shape index (κ1) is 13.8. The maximum Gasteiger partial charge on any atom is 0.142 e. The van der Waals surface area contributed by atoms with Crippen molar-refractivity contribution < 1.29 is 4.39 Å². The van der Waals surface area contributed by atoms with Gasteiger partial charge in [-0.05, 0) is 30.3 Å². The summed E-state index contributed by atoms with van der Waals surface area (Å²) in [6.45, 7) is 0. The van der Waals surface area contributed by atoms with E-state index in [2.05, 4.69) is 11.1 Å². The number of nitrogens with zero attached hydrogens (tertiary/aromatic N) is 3.